The summed E-state index contributed by atoms with van der Waals surface area (Å²) in [5.41, 5.74) is 1.11. The lowest BCUT2D eigenvalue weighted by Crippen LogP contribution is -2.24. The van der Waals surface area contributed by atoms with Crippen LogP contribution in [-0.4, -0.2) is 14.7 Å². The molecule has 0 unspecified atom stereocenters. The molecule has 0 saturated heterocycles. The Hall–Kier alpha value is -2.12. The summed E-state index contributed by atoms with van der Waals surface area (Å²) >= 11 is 1.57. The molecule has 0 aliphatic heterocycles. The summed E-state index contributed by atoms with van der Waals surface area (Å²) in [6.07, 6.45) is 3.16. The van der Waals surface area contributed by atoms with E-state index in [-0.39, 0.29) is 17.7 Å². The van der Waals surface area contributed by atoms with Gasteiger partial charge in [0.1, 0.15) is 4.83 Å². The first kappa shape index (κ1) is 17.3. The van der Waals surface area contributed by atoms with E-state index in [0.717, 1.165) is 41.8 Å². The number of aliphatic hydroxyl groups excluding tert-OH is 1. The highest BCUT2D eigenvalue weighted by atomic mass is 32.1. The van der Waals surface area contributed by atoms with Crippen molar-refractivity contribution in [3.05, 3.63) is 62.5 Å². The van der Waals surface area contributed by atoms with Crippen LogP contribution in [-0.2, 0) is 19.4 Å². The number of rotatable bonds is 3. The predicted molar refractivity (Wildman–Crippen MR) is 96.4 cm³/mol. The van der Waals surface area contributed by atoms with Gasteiger partial charge in [-0.1, -0.05) is 13.0 Å². The van der Waals surface area contributed by atoms with Gasteiger partial charge in [-0.05, 0) is 48.4 Å². The summed E-state index contributed by atoms with van der Waals surface area (Å²) in [4.78, 5) is 19.3. The Bertz CT molecular complexity index is 1040. The summed E-state index contributed by atoms with van der Waals surface area (Å²) in [6.45, 7) is 2.14. The number of fused-ring (bicyclic) bond motifs is 3. The van der Waals surface area contributed by atoms with Gasteiger partial charge in [-0.2, -0.15) is 0 Å². The number of hydrogen-bond acceptors (Lipinski definition) is 4. The van der Waals surface area contributed by atoms with E-state index in [9.17, 15) is 18.7 Å². The van der Waals surface area contributed by atoms with Crippen LogP contribution in [0.1, 0.15) is 35.5 Å². The van der Waals surface area contributed by atoms with Gasteiger partial charge in [-0.3, -0.25) is 9.36 Å². The number of halogens is 2. The zero-order chi connectivity index (χ0) is 18.4. The molecular weight excluding hydrogens is 358 g/mol. The van der Waals surface area contributed by atoms with Gasteiger partial charge >= 0.3 is 0 Å². The Morgan fingerprint density at radius 1 is 1.38 bits per heavy atom. The van der Waals surface area contributed by atoms with Gasteiger partial charge in [0.05, 0.1) is 24.4 Å². The second kappa shape index (κ2) is 6.55. The second-order valence-electron chi connectivity index (χ2n) is 6.92. The standard InChI is InChI=1S/C19H18F2N2O2S/c1-10-2-4-12-16(6-10)26-18-17(12)19(25)23(9-22-18)8-15(24)11-3-5-13(20)14(21)7-11/h3,5,7,9-10,15,24H,2,4,6,8H2,1H3/t10-,15+/m0/s1. The molecule has 0 bridgehead atoms. The highest BCUT2D eigenvalue weighted by molar-refractivity contribution is 7.18. The molecule has 0 radical (unpaired) electrons. The Labute approximate surface area is 152 Å². The van der Waals surface area contributed by atoms with E-state index in [1.165, 1.54) is 21.8 Å². The number of thiophene rings is 1. The fourth-order valence-electron chi connectivity index (χ4n) is 3.51. The van der Waals surface area contributed by atoms with Gasteiger partial charge < -0.3 is 5.11 Å². The third-order valence-corrected chi connectivity index (χ3v) is 6.14. The Morgan fingerprint density at radius 2 is 2.19 bits per heavy atom. The average molecular weight is 376 g/mol. The van der Waals surface area contributed by atoms with E-state index in [1.54, 1.807) is 11.3 Å². The molecule has 2 atom stereocenters. The van der Waals surface area contributed by atoms with Crippen molar-refractivity contribution in [1.82, 2.24) is 9.55 Å². The minimum Gasteiger partial charge on any atom is -0.387 e. The first-order valence-corrected chi connectivity index (χ1v) is 9.38. The maximum absolute atomic E-state index is 13.4. The van der Waals surface area contributed by atoms with Crippen molar-refractivity contribution >= 4 is 21.6 Å². The van der Waals surface area contributed by atoms with Crippen molar-refractivity contribution in [3.8, 4) is 0 Å². The van der Waals surface area contributed by atoms with E-state index in [1.807, 2.05) is 0 Å². The molecule has 0 saturated carbocycles. The van der Waals surface area contributed by atoms with Crippen molar-refractivity contribution in [2.24, 2.45) is 5.92 Å². The number of aryl methyl sites for hydroxylation is 1. The van der Waals surface area contributed by atoms with Gasteiger partial charge in [0.2, 0.25) is 0 Å². The van der Waals surface area contributed by atoms with E-state index in [2.05, 4.69) is 11.9 Å². The van der Waals surface area contributed by atoms with E-state index < -0.39 is 17.7 Å². The molecule has 2 heterocycles. The van der Waals surface area contributed by atoms with Crippen molar-refractivity contribution in [2.75, 3.05) is 0 Å². The van der Waals surface area contributed by atoms with E-state index >= 15 is 0 Å². The summed E-state index contributed by atoms with van der Waals surface area (Å²) < 4.78 is 27.8. The molecule has 1 aliphatic carbocycles. The maximum Gasteiger partial charge on any atom is 0.262 e. The molecule has 1 N–H and O–H groups in total. The minimum absolute atomic E-state index is 0.0616. The number of aromatic nitrogens is 2. The predicted octanol–water partition coefficient (Wildman–Crippen LogP) is 3.59. The number of nitrogens with zero attached hydrogens (tertiary/aromatic N) is 2. The van der Waals surface area contributed by atoms with Gasteiger partial charge in [-0.15, -0.1) is 11.3 Å². The molecule has 0 fully saturated rings. The lowest BCUT2D eigenvalue weighted by molar-refractivity contribution is 0.154. The number of aliphatic hydroxyl groups is 1. The van der Waals surface area contributed by atoms with Gasteiger partial charge in [0.15, 0.2) is 11.6 Å². The Morgan fingerprint density at radius 3 is 2.96 bits per heavy atom. The molecule has 4 rings (SSSR count). The maximum atomic E-state index is 13.4. The van der Waals surface area contributed by atoms with Crippen LogP contribution >= 0.6 is 11.3 Å². The zero-order valence-electron chi connectivity index (χ0n) is 14.2. The quantitative estimate of drug-likeness (QED) is 0.760. The average Bonchev–Trinajstić information content (AvgIpc) is 2.97. The minimum atomic E-state index is -1.13. The monoisotopic (exact) mass is 376 g/mol. The third-order valence-electron chi connectivity index (χ3n) is 4.98. The molecule has 3 aromatic rings. The summed E-state index contributed by atoms with van der Waals surface area (Å²) in [6, 6.07) is 3.23. The smallest absolute Gasteiger partial charge is 0.262 e. The van der Waals surface area contributed by atoms with Crippen LogP contribution in [0.3, 0.4) is 0 Å². The molecule has 2 aromatic heterocycles. The van der Waals surface area contributed by atoms with Crippen LogP contribution in [0.25, 0.3) is 10.2 Å². The lowest BCUT2D eigenvalue weighted by Gasteiger charge is -2.17. The van der Waals surface area contributed by atoms with Crippen molar-refractivity contribution in [2.45, 2.75) is 38.8 Å². The molecule has 4 nitrogen and oxygen atoms in total. The summed E-state index contributed by atoms with van der Waals surface area (Å²) in [7, 11) is 0. The highest BCUT2D eigenvalue weighted by Crippen LogP contribution is 2.35. The molecule has 0 spiro atoms. The van der Waals surface area contributed by atoms with Crippen molar-refractivity contribution in [3.63, 3.8) is 0 Å². The molecule has 1 aromatic carbocycles. The highest BCUT2D eigenvalue weighted by Gasteiger charge is 2.23. The molecule has 136 valence electrons. The molecule has 7 heteroatoms. The van der Waals surface area contributed by atoms with E-state index in [0.29, 0.717) is 11.3 Å². The lowest BCUT2D eigenvalue weighted by atomic mass is 9.89. The normalized spacial score (nSPS) is 18.1. The van der Waals surface area contributed by atoms with Crippen molar-refractivity contribution in [1.29, 1.82) is 0 Å². The molecule has 0 amide bonds. The third kappa shape index (κ3) is 2.95. The Balaban J connectivity index is 1.70. The van der Waals surface area contributed by atoms with Crippen LogP contribution in [0.2, 0.25) is 0 Å². The summed E-state index contributed by atoms with van der Waals surface area (Å²) in [5.74, 6) is -1.39. The second-order valence-corrected chi connectivity index (χ2v) is 8.01. The Kier molecular flexibility index (Phi) is 4.36. The van der Waals surface area contributed by atoms with Gasteiger partial charge in [0, 0.05) is 4.88 Å². The van der Waals surface area contributed by atoms with Crippen LogP contribution < -0.4 is 5.56 Å². The summed E-state index contributed by atoms with van der Waals surface area (Å²) in [5, 5.41) is 11.0. The topological polar surface area (TPSA) is 55.1 Å². The fourth-order valence-corrected chi connectivity index (χ4v) is 4.85. The first-order valence-electron chi connectivity index (χ1n) is 8.56. The van der Waals surface area contributed by atoms with Gasteiger partial charge in [0.25, 0.3) is 5.56 Å². The number of benzene rings is 1. The van der Waals surface area contributed by atoms with Crippen molar-refractivity contribution < 1.29 is 13.9 Å². The largest absolute Gasteiger partial charge is 0.387 e. The van der Waals surface area contributed by atoms with Crippen LogP contribution in [0.4, 0.5) is 8.78 Å². The SMILES string of the molecule is C[C@H]1CCc2c(sc3ncn(C[C@@H](O)c4ccc(F)c(F)c4)c(=O)c23)C1. The number of hydrogen-bond donors (Lipinski definition) is 1. The van der Waals surface area contributed by atoms with Crippen LogP contribution in [0.5, 0.6) is 0 Å². The molecule has 1 aliphatic rings. The van der Waals surface area contributed by atoms with Gasteiger partial charge in [-0.25, -0.2) is 13.8 Å². The molecular formula is C19H18F2N2O2S. The fraction of sp³-hybridized carbons (Fsp3) is 0.368. The van der Waals surface area contributed by atoms with E-state index in [4.69, 9.17) is 0 Å². The zero-order valence-corrected chi connectivity index (χ0v) is 15.0. The van der Waals surface area contributed by atoms with Crippen LogP contribution in [0.15, 0.2) is 29.3 Å². The molecule has 26 heavy (non-hydrogen) atoms. The first-order chi connectivity index (χ1) is 12.4. The van der Waals surface area contributed by atoms with Crippen LogP contribution in [0, 0.1) is 17.6 Å².